The molecule has 1 aromatic carbocycles. The number of benzene rings is 1. The fourth-order valence-electron chi connectivity index (χ4n) is 2.34. The Balaban J connectivity index is 1.76. The normalized spacial score (nSPS) is 14.3. The first kappa shape index (κ1) is 17.6. The van der Waals surface area contributed by atoms with Crippen LogP contribution in [0.3, 0.4) is 0 Å². The highest BCUT2D eigenvalue weighted by Crippen LogP contribution is 2.19. The van der Waals surface area contributed by atoms with Gasteiger partial charge in [0.1, 0.15) is 0 Å². The van der Waals surface area contributed by atoms with Gasteiger partial charge in [-0.15, -0.1) is 0 Å². The van der Waals surface area contributed by atoms with Gasteiger partial charge in [-0.1, -0.05) is 36.0 Å². The van der Waals surface area contributed by atoms with Crippen LogP contribution < -0.4 is 10.6 Å². The van der Waals surface area contributed by atoms with Crippen LogP contribution in [0.4, 0.5) is 4.79 Å². The Kier molecular flexibility index (Phi) is 6.24. The lowest BCUT2D eigenvalue weighted by Gasteiger charge is -2.12. The maximum absolute atomic E-state index is 11.8. The van der Waals surface area contributed by atoms with Crippen molar-refractivity contribution in [3.63, 3.8) is 0 Å². The minimum atomic E-state index is -0.749. The van der Waals surface area contributed by atoms with Crippen LogP contribution in [0.5, 0.6) is 0 Å². The van der Waals surface area contributed by atoms with Gasteiger partial charge in [-0.25, -0.2) is 9.59 Å². The molecule has 0 radical (unpaired) electrons. The van der Waals surface area contributed by atoms with E-state index in [1.165, 1.54) is 18.2 Å². The summed E-state index contributed by atoms with van der Waals surface area (Å²) in [5.41, 5.74) is 0.130. The predicted molar refractivity (Wildman–Crippen MR) is 85.7 cm³/mol. The van der Waals surface area contributed by atoms with Gasteiger partial charge in [-0.2, -0.15) is 0 Å². The van der Waals surface area contributed by atoms with Crippen molar-refractivity contribution in [3.8, 4) is 0 Å². The lowest BCUT2D eigenvalue weighted by molar-refractivity contribution is -0.123. The van der Waals surface area contributed by atoms with E-state index in [1.807, 2.05) is 0 Å². The summed E-state index contributed by atoms with van der Waals surface area (Å²) in [5, 5.41) is 5.38. The zero-order valence-corrected chi connectivity index (χ0v) is 13.7. The van der Waals surface area contributed by atoms with Crippen molar-refractivity contribution in [2.24, 2.45) is 0 Å². The summed E-state index contributed by atoms with van der Waals surface area (Å²) in [4.78, 5) is 35.0. The number of ether oxygens (including phenoxy) is 1. The monoisotopic (exact) mass is 358 g/mol. The summed E-state index contributed by atoms with van der Waals surface area (Å²) >= 11 is 11.6. The lowest BCUT2D eigenvalue weighted by Crippen LogP contribution is -2.44. The van der Waals surface area contributed by atoms with E-state index in [9.17, 15) is 14.4 Å². The molecule has 3 amide bonds. The van der Waals surface area contributed by atoms with Gasteiger partial charge in [0, 0.05) is 16.1 Å². The number of hydrogen-bond acceptors (Lipinski definition) is 4. The summed E-state index contributed by atoms with van der Waals surface area (Å²) < 4.78 is 4.82. The summed E-state index contributed by atoms with van der Waals surface area (Å²) in [6.07, 6.45) is 3.95. The summed E-state index contributed by atoms with van der Waals surface area (Å²) in [5.74, 6) is -1.46. The second-order valence-corrected chi connectivity index (χ2v) is 6.11. The average Bonchev–Trinajstić information content (AvgIpc) is 2.96. The number of hydrogen-bond donors (Lipinski definition) is 2. The highest BCUT2D eigenvalue weighted by molar-refractivity contribution is 6.35. The number of nitrogens with one attached hydrogen (secondary N) is 2. The minimum Gasteiger partial charge on any atom is -0.452 e. The van der Waals surface area contributed by atoms with Crippen LogP contribution in [0, 0.1) is 0 Å². The number of halogens is 2. The van der Waals surface area contributed by atoms with Crippen molar-refractivity contribution in [2.45, 2.75) is 31.7 Å². The number of carbonyl (C=O) groups is 3. The Hall–Kier alpha value is -1.79. The van der Waals surface area contributed by atoms with E-state index in [1.54, 1.807) is 0 Å². The number of imide groups is 1. The molecule has 1 aliphatic rings. The Morgan fingerprint density at radius 1 is 1.09 bits per heavy atom. The largest absolute Gasteiger partial charge is 0.452 e. The maximum Gasteiger partial charge on any atom is 0.338 e. The fourth-order valence-corrected chi connectivity index (χ4v) is 2.87. The zero-order chi connectivity index (χ0) is 16.8. The number of urea groups is 1. The molecule has 2 N–H and O–H groups in total. The van der Waals surface area contributed by atoms with Crippen molar-refractivity contribution in [1.29, 1.82) is 0 Å². The Morgan fingerprint density at radius 2 is 1.70 bits per heavy atom. The molecular formula is C15H16Cl2N2O4. The van der Waals surface area contributed by atoms with Crippen LogP contribution in [-0.4, -0.2) is 30.6 Å². The number of carbonyl (C=O) groups excluding carboxylic acids is 3. The number of esters is 1. The van der Waals surface area contributed by atoms with Crippen LogP contribution in [0.1, 0.15) is 36.0 Å². The Bertz CT molecular complexity index is 595. The Labute approximate surface area is 143 Å². The van der Waals surface area contributed by atoms with Crippen LogP contribution in [-0.2, 0) is 9.53 Å². The van der Waals surface area contributed by atoms with Crippen molar-refractivity contribution in [2.75, 3.05) is 6.61 Å². The molecule has 23 heavy (non-hydrogen) atoms. The van der Waals surface area contributed by atoms with E-state index in [2.05, 4.69) is 10.6 Å². The minimum absolute atomic E-state index is 0.0963. The van der Waals surface area contributed by atoms with Gasteiger partial charge in [0.2, 0.25) is 0 Å². The molecule has 6 nitrogen and oxygen atoms in total. The molecule has 0 aromatic heterocycles. The van der Waals surface area contributed by atoms with E-state index >= 15 is 0 Å². The SMILES string of the molecule is O=C(COC(=O)c1cc(Cl)cc(Cl)c1)NC(=O)NC1CCCC1. The molecule has 1 fully saturated rings. The maximum atomic E-state index is 11.8. The van der Waals surface area contributed by atoms with Crippen LogP contribution in [0.25, 0.3) is 0 Å². The average molecular weight is 359 g/mol. The van der Waals surface area contributed by atoms with Gasteiger partial charge in [-0.3, -0.25) is 10.1 Å². The highest BCUT2D eigenvalue weighted by Gasteiger charge is 2.19. The van der Waals surface area contributed by atoms with Crippen molar-refractivity contribution < 1.29 is 19.1 Å². The van der Waals surface area contributed by atoms with E-state index < -0.39 is 24.5 Å². The standard InChI is InChI=1S/C15H16Cl2N2O4/c16-10-5-9(6-11(17)7-10)14(21)23-8-13(20)19-15(22)18-12-3-1-2-4-12/h5-7,12H,1-4,8H2,(H2,18,19,20,22). The van der Waals surface area contributed by atoms with E-state index in [4.69, 9.17) is 27.9 Å². The zero-order valence-electron chi connectivity index (χ0n) is 12.2. The smallest absolute Gasteiger partial charge is 0.338 e. The van der Waals surface area contributed by atoms with Crippen LogP contribution in [0.15, 0.2) is 18.2 Å². The van der Waals surface area contributed by atoms with E-state index in [-0.39, 0.29) is 21.7 Å². The molecule has 0 saturated heterocycles. The predicted octanol–water partition coefficient (Wildman–Crippen LogP) is 2.92. The molecular weight excluding hydrogens is 343 g/mol. The first-order chi connectivity index (χ1) is 10.9. The van der Waals surface area contributed by atoms with E-state index in [0.717, 1.165) is 25.7 Å². The highest BCUT2D eigenvalue weighted by atomic mass is 35.5. The first-order valence-corrected chi connectivity index (χ1v) is 7.93. The molecule has 0 spiro atoms. The van der Waals surface area contributed by atoms with Crippen LogP contribution in [0.2, 0.25) is 10.0 Å². The topological polar surface area (TPSA) is 84.5 Å². The lowest BCUT2D eigenvalue weighted by atomic mass is 10.2. The van der Waals surface area contributed by atoms with Crippen molar-refractivity contribution in [1.82, 2.24) is 10.6 Å². The molecule has 0 aliphatic heterocycles. The van der Waals surface area contributed by atoms with Gasteiger partial charge < -0.3 is 10.1 Å². The fraction of sp³-hybridized carbons (Fsp3) is 0.400. The van der Waals surface area contributed by atoms with Gasteiger partial charge >= 0.3 is 12.0 Å². The second-order valence-electron chi connectivity index (χ2n) is 5.24. The number of rotatable bonds is 4. The van der Waals surface area contributed by atoms with Crippen molar-refractivity contribution in [3.05, 3.63) is 33.8 Å². The molecule has 2 rings (SSSR count). The molecule has 0 unspecified atom stereocenters. The quantitative estimate of drug-likeness (QED) is 0.810. The van der Waals surface area contributed by atoms with Gasteiger partial charge in [0.05, 0.1) is 5.56 Å². The third-order valence-corrected chi connectivity index (χ3v) is 3.81. The third-order valence-electron chi connectivity index (χ3n) is 3.38. The van der Waals surface area contributed by atoms with Crippen LogP contribution >= 0.6 is 23.2 Å². The molecule has 1 saturated carbocycles. The first-order valence-electron chi connectivity index (χ1n) is 7.17. The van der Waals surface area contributed by atoms with E-state index in [0.29, 0.717) is 0 Å². The summed E-state index contributed by atoms with van der Waals surface area (Å²) in [6.45, 7) is -0.568. The molecule has 0 atom stereocenters. The molecule has 0 heterocycles. The molecule has 1 aromatic rings. The molecule has 0 bridgehead atoms. The molecule has 8 heteroatoms. The van der Waals surface area contributed by atoms with Gasteiger partial charge in [-0.05, 0) is 31.0 Å². The molecule has 124 valence electrons. The Morgan fingerprint density at radius 3 is 2.30 bits per heavy atom. The molecule has 1 aliphatic carbocycles. The van der Waals surface area contributed by atoms with Gasteiger partial charge in [0.25, 0.3) is 5.91 Å². The second kappa shape index (κ2) is 8.17. The van der Waals surface area contributed by atoms with Crippen molar-refractivity contribution >= 4 is 41.1 Å². The summed E-state index contributed by atoms with van der Waals surface area (Å²) in [7, 11) is 0. The third kappa shape index (κ3) is 5.73. The van der Waals surface area contributed by atoms with Gasteiger partial charge in [0.15, 0.2) is 6.61 Å². The number of amides is 3. The summed E-state index contributed by atoms with van der Waals surface area (Å²) in [6, 6.07) is 3.74.